The summed E-state index contributed by atoms with van der Waals surface area (Å²) in [6, 6.07) is 13.9. The summed E-state index contributed by atoms with van der Waals surface area (Å²) >= 11 is 0. The molecule has 2 aromatic carbocycles. The predicted octanol–water partition coefficient (Wildman–Crippen LogP) is 2.02. The smallest absolute Gasteiger partial charge is 0.264 e. The first-order valence-electron chi connectivity index (χ1n) is 10.1. The minimum Gasteiger partial charge on any atom is -0.376 e. The number of morpholine rings is 1. The molecule has 1 heterocycles. The average Bonchev–Trinajstić information content (AvgIpc) is 2.77. The SMILES string of the molecule is CON(C)S(=O)(=O)c1ccc(C(=O)NCc2cccc(CN3CCOC(C)C3)c2)cc1. The summed E-state index contributed by atoms with van der Waals surface area (Å²) < 4.78 is 30.8. The minimum atomic E-state index is -3.74. The van der Waals surface area contributed by atoms with E-state index in [2.05, 4.69) is 29.3 Å². The van der Waals surface area contributed by atoms with Crippen LogP contribution < -0.4 is 5.32 Å². The summed E-state index contributed by atoms with van der Waals surface area (Å²) in [6.45, 7) is 5.89. The molecule has 31 heavy (non-hydrogen) atoms. The second-order valence-corrected chi connectivity index (χ2v) is 9.48. The Morgan fingerprint density at radius 3 is 2.61 bits per heavy atom. The fourth-order valence-corrected chi connectivity index (χ4v) is 4.41. The molecule has 0 bridgehead atoms. The van der Waals surface area contributed by atoms with Crippen LogP contribution in [0.15, 0.2) is 53.4 Å². The van der Waals surface area contributed by atoms with E-state index < -0.39 is 10.0 Å². The zero-order valence-electron chi connectivity index (χ0n) is 18.1. The first-order chi connectivity index (χ1) is 14.8. The Kier molecular flexibility index (Phi) is 7.79. The van der Waals surface area contributed by atoms with Crippen LogP contribution in [0.2, 0.25) is 0 Å². The van der Waals surface area contributed by atoms with Crippen molar-refractivity contribution in [1.29, 1.82) is 0 Å². The van der Waals surface area contributed by atoms with Gasteiger partial charge in [-0.2, -0.15) is 0 Å². The number of hydroxylamine groups is 1. The van der Waals surface area contributed by atoms with Crippen LogP contribution in [-0.4, -0.2) is 63.7 Å². The van der Waals surface area contributed by atoms with Crippen LogP contribution in [0.3, 0.4) is 0 Å². The van der Waals surface area contributed by atoms with E-state index in [1.54, 1.807) is 0 Å². The Morgan fingerprint density at radius 2 is 1.94 bits per heavy atom. The molecule has 0 radical (unpaired) electrons. The van der Waals surface area contributed by atoms with Crippen LogP contribution in [0.25, 0.3) is 0 Å². The minimum absolute atomic E-state index is 0.0542. The zero-order chi connectivity index (χ0) is 22.4. The fourth-order valence-electron chi connectivity index (χ4n) is 3.44. The lowest BCUT2D eigenvalue weighted by atomic mass is 10.1. The van der Waals surface area contributed by atoms with Crippen LogP contribution in [0.4, 0.5) is 0 Å². The summed E-state index contributed by atoms with van der Waals surface area (Å²) in [5, 5.41) is 2.89. The highest BCUT2D eigenvalue weighted by Gasteiger charge is 2.21. The van der Waals surface area contributed by atoms with Crippen molar-refractivity contribution < 1.29 is 22.8 Å². The highest BCUT2D eigenvalue weighted by molar-refractivity contribution is 7.89. The Bertz CT molecular complexity index is 994. The third kappa shape index (κ3) is 6.11. The molecule has 8 nitrogen and oxygen atoms in total. The first kappa shape index (κ1) is 23.4. The molecule has 168 valence electrons. The van der Waals surface area contributed by atoms with Crippen LogP contribution in [0, 0.1) is 0 Å². The van der Waals surface area contributed by atoms with Gasteiger partial charge in [0.05, 0.1) is 24.7 Å². The summed E-state index contributed by atoms with van der Waals surface area (Å²) in [5.74, 6) is -0.267. The number of benzene rings is 2. The van der Waals surface area contributed by atoms with Gasteiger partial charge in [-0.15, -0.1) is 0 Å². The standard InChI is InChI=1S/C22H29N3O5S/c1-17-15-25(11-12-30-17)16-19-6-4-5-18(13-19)14-23-22(26)20-7-9-21(10-8-20)31(27,28)24(2)29-3/h4-10,13,17H,11-12,14-16H2,1-3H3,(H,23,26). The van der Waals surface area contributed by atoms with Gasteiger partial charge in [-0.1, -0.05) is 28.7 Å². The summed E-state index contributed by atoms with van der Waals surface area (Å²) in [4.78, 5) is 19.7. The van der Waals surface area contributed by atoms with E-state index in [1.165, 1.54) is 44.0 Å². The lowest BCUT2D eigenvalue weighted by Gasteiger charge is -2.31. The largest absolute Gasteiger partial charge is 0.376 e. The first-order valence-corrected chi connectivity index (χ1v) is 11.6. The van der Waals surface area contributed by atoms with E-state index in [-0.39, 0.29) is 16.9 Å². The number of carbonyl (C=O) groups excluding carboxylic acids is 1. The molecule has 9 heteroatoms. The van der Waals surface area contributed by atoms with E-state index in [9.17, 15) is 13.2 Å². The lowest BCUT2D eigenvalue weighted by molar-refractivity contribution is -0.0258. The third-order valence-corrected chi connectivity index (χ3v) is 6.88. The normalized spacial score (nSPS) is 17.6. The van der Waals surface area contributed by atoms with Crippen molar-refractivity contribution in [2.75, 3.05) is 33.9 Å². The van der Waals surface area contributed by atoms with Gasteiger partial charge in [-0.05, 0) is 42.3 Å². The van der Waals surface area contributed by atoms with Crippen LogP contribution >= 0.6 is 0 Å². The van der Waals surface area contributed by atoms with Crippen LogP contribution in [-0.2, 0) is 32.7 Å². The number of carbonyl (C=O) groups is 1. The van der Waals surface area contributed by atoms with E-state index in [0.29, 0.717) is 12.1 Å². The number of sulfonamides is 1. The third-order valence-electron chi connectivity index (χ3n) is 5.19. The maximum Gasteiger partial charge on any atom is 0.264 e. The molecule has 1 aliphatic heterocycles. The molecule has 1 fully saturated rings. The van der Waals surface area contributed by atoms with Crippen LogP contribution in [0.1, 0.15) is 28.4 Å². The highest BCUT2D eigenvalue weighted by Crippen LogP contribution is 2.16. The van der Waals surface area contributed by atoms with Crippen molar-refractivity contribution in [3.8, 4) is 0 Å². The number of hydrogen-bond acceptors (Lipinski definition) is 6. The van der Waals surface area contributed by atoms with E-state index in [1.807, 2.05) is 12.1 Å². The van der Waals surface area contributed by atoms with Gasteiger partial charge in [0.1, 0.15) is 0 Å². The van der Waals surface area contributed by atoms with Crippen molar-refractivity contribution in [3.05, 3.63) is 65.2 Å². The number of amides is 1. The molecular formula is C22H29N3O5S. The van der Waals surface area contributed by atoms with Crippen molar-refractivity contribution in [2.45, 2.75) is 31.0 Å². The molecule has 0 spiro atoms. The van der Waals surface area contributed by atoms with E-state index in [4.69, 9.17) is 9.57 Å². The maximum atomic E-state index is 12.5. The van der Waals surface area contributed by atoms with Crippen molar-refractivity contribution in [1.82, 2.24) is 14.7 Å². The molecule has 0 aliphatic carbocycles. The molecule has 1 amide bonds. The lowest BCUT2D eigenvalue weighted by Crippen LogP contribution is -2.40. The van der Waals surface area contributed by atoms with E-state index in [0.717, 1.165) is 36.3 Å². The molecule has 3 rings (SSSR count). The van der Waals surface area contributed by atoms with Gasteiger partial charge in [-0.3, -0.25) is 14.5 Å². The predicted molar refractivity (Wildman–Crippen MR) is 117 cm³/mol. The summed E-state index contributed by atoms with van der Waals surface area (Å²) in [6.07, 6.45) is 0.243. The van der Waals surface area contributed by atoms with Gasteiger partial charge in [0.2, 0.25) is 0 Å². The van der Waals surface area contributed by atoms with Gasteiger partial charge >= 0.3 is 0 Å². The highest BCUT2D eigenvalue weighted by atomic mass is 32.2. The van der Waals surface area contributed by atoms with Crippen molar-refractivity contribution in [2.24, 2.45) is 0 Å². The Balaban J connectivity index is 1.58. The van der Waals surface area contributed by atoms with E-state index >= 15 is 0 Å². The molecule has 0 saturated carbocycles. The zero-order valence-corrected chi connectivity index (χ0v) is 18.9. The molecule has 0 aromatic heterocycles. The Morgan fingerprint density at radius 1 is 1.23 bits per heavy atom. The van der Waals surface area contributed by atoms with Gasteiger partial charge in [0.15, 0.2) is 0 Å². The maximum absolute atomic E-state index is 12.5. The number of nitrogens with zero attached hydrogens (tertiary/aromatic N) is 2. The van der Waals surface area contributed by atoms with Crippen LogP contribution in [0.5, 0.6) is 0 Å². The van der Waals surface area contributed by atoms with Crippen molar-refractivity contribution >= 4 is 15.9 Å². The van der Waals surface area contributed by atoms with Gasteiger partial charge in [0, 0.05) is 38.8 Å². The topological polar surface area (TPSA) is 88.2 Å². The van der Waals surface area contributed by atoms with Gasteiger partial charge in [0.25, 0.3) is 15.9 Å². The number of ether oxygens (including phenoxy) is 1. The number of nitrogens with one attached hydrogen (secondary N) is 1. The molecule has 2 aromatic rings. The summed E-state index contributed by atoms with van der Waals surface area (Å²) in [7, 11) is -1.16. The molecule has 1 aliphatic rings. The molecule has 1 N–H and O–H groups in total. The fraction of sp³-hybridized carbons (Fsp3) is 0.409. The average molecular weight is 448 g/mol. The van der Waals surface area contributed by atoms with Gasteiger partial charge < -0.3 is 10.1 Å². The summed E-state index contributed by atoms with van der Waals surface area (Å²) in [5.41, 5.74) is 2.59. The monoisotopic (exact) mass is 447 g/mol. The molecule has 1 saturated heterocycles. The molecular weight excluding hydrogens is 418 g/mol. The Labute approximate surface area is 183 Å². The number of hydrogen-bond donors (Lipinski definition) is 1. The Hall–Kier alpha value is -2.30. The molecule has 1 unspecified atom stereocenters. The number of rotatable bonds is 8. The second-order valence-electron chi connectivity index (χ2n) is 7.54. The quantitative estimate of drug-likeness (QED) is 0.623. The second kappa shape index (κ2) is 10.3. The van der Waals surface area contributed by atoms with Crippen molar-refractivity contribution in [3.63, 3.8) is 0 Å². The molecule has 1 atom stereocenters. The van der Waals surface area contributed by atoms with Gasteiger partial charge in [-0.25, -0.2) is 8.42 Å².